The van der Waals surface area contributed by atoms with Crippen LogP contribution < -0.4 is 10.1 Å². The van der Waals surface area contributed by atoms with Gasteiger partial charge >= 0.3 is 6.01 Å². The highest BCUT2D eigenvalue weighted by molar-refractivity contribution is 6.28. The van der Waals surface area contributed by atoms with E-state index >= 15 is 0 Å². The van der Waals surface area contributed by atoms with Crippen LogP contribution in [0.4, 0.5) is 5.95 Å². The molecule has 1 aromatic heterocycles. The van der Waals surface area contributed by atoms with E-state index in [0.717, 1.165) is 13.0 Å². The molecular weight excluding hydrogens is 216 g/mol. The van der Waals surface area contributed by atoms with E-state index in [1.54, 1.807) is 0 Å². The Balaban J connectivity index is 2.78. The summed E-state index contributed by atoms with van der Waals surface area (Å²) in [6.45, 7) is 6.65. The summed E-state index contributed by atoms with van der Waals surface area (Å²) in [4.78, 5) is 11.9. The Morgan fingerprint density at radius 3 is 2.67 bits per heavy atom. The Kier molecular flexibility index (Phi) is 4.55. The number of anilines is 1. The van der Waals surface area contributed by atoms with Crippen molar-refractivity contribution < 1.29 is 4.74 Å². The summed E-state index contributed by atoms with van der Waals surface area (Å²) in [5.74, 6) is 0.441. The lowest BCUT2D eigenvalue weighted by molar-refractivity contribution is 0.199. The molecule has 0 aliphatic heterocycles. The fourth-order valence-electron chi connectivity index (χ4n) is 0.885. The van der Waals surface area contributed by atoms with E-state index < -0.39 is 0 Å². The standard InChI is InChI=1S/C9H15ClN4O/c1-4-6(3)15-9-13-7(10)12-8(14-9)11-5-2/h6H,4-5H2,1-3H3,(H,11,12,13,14). The molecule has 0 aromatic carbocycles. The Bertz CT molecular complexity index is 321. The van der Waals surface area contributed by atoms with Crippen LogP contribution in [0.1, 0.15) is 27.2 Å². The summed E-state index contributed by atoms with van der Waals surface area (Å²) in [5.41, 5.74) is 0. The van der Waals surface area contributed by atoms with E-state index in [-0.39, 0.29) is 17.4 Å². The van der Waals surface area contributed by atoms with Gasteiger partial charge in [-0.2, -0.15) is 15.0 Å². The van der Waals surface area contributed by atoms with E-state index in [0.29, 0.717) is 5.95 Å². The van der Waals surface area contributed by atoms with Gasteiger partial charge in [-0.1, -0.05) is 6.92 Å². The molecule has 6 heteroatoms. The normalized spacial score (nSPS) is 12.3. The number of hydrogen-bond acceptors (Lipinski definition) is 5. The lowest BCUT2D eigenvalue weighted by Gasteiger charge is -2.11. The van der Waals surface area contributed by atoms with Crippen molar-refractivity contribution in [2.75, 3.05) is 11.9 Å². The van der Waals surface area contributed by atoms with Crippen molar-refractivity contribution >= 4 is 17.5 Å². The highest BCUT2D eigenvalue weighted by atomic mass is 35.5. The molecule has 0 saturated carbocycles. The number of nitrogens with zero attached hydrogens (tertiary/aromatic N) is 3. The van der Waals surface area contributed by atoms with E-state index in [9.17, 15) is 0 Å². The fraction of sp³-hybridized carbons (Fsp3) is 0.667. The molecule has 15 heavy (non-hydrogen) atoms. The summed E-state index contributed by atoms with van der Waals surface area (Å²) in [6, 6.07) is 0.264. The molecular formula is C9H15ClN4O. The molecule has 0 saturated heterocycles. The van der Waals surface area contributed by atoms with Crippen molar-refractivity contribution in [3.05, 3.63) is 5.28 Å². The van der Waals surface area contributed by atoms with Gasteiger partial charge in [0.1, 0.15) is 0 Å². The van der Waals surface area contributed by atoms with Gasteiger partial charge in [-0.15, -0.1) is 0 Å². The summed E-state index contributed by atoms with van der Waals surface area (Å²) < 4.78 is 5.44. The Morgan fingerprint density at radius 2 is 2.07 bits per heavy atom. The lowest BCUT2D eigenvalue weighted by Crippen LogP contribution is -2.13. The zero-order chi connectivity index (χ0) is 11.3. The van der Waals surface area contributed by atoms with E-state index in [2.05, 4.69) is 20.3 Å². The zero-order valence-electron chi connectivity index (χ0n) is 9.12. The van der Waals surface area contributed by atoms with Crippen LogP contribution in [0, 0.1) is 0 Å². The number of nitrogens with one attached hydrogen (secondary N) is 1. The number of halogens is 1. The van der Waals surface area contributed by atoms with E-state index in [1.807, 2.05) is 20.8 Å². The van der Waals surface area contributed by atoms with Crippen LogP contribution in [-0.2, 0) is 0 Å². The second-order valence-corrected chi connectivity index (χ2v) is 3.42. The van der Waals surface area contributed by atoms with Crippen molar-refractivity contribution in [1.82, 2.24) is 15.0 Å². The first-order chi connectivity index (χ1) is 7.15. The molecule has 1 aromatic rings. The molecule has 0 amide bonds. The van der Waals surface area contributed by atoms with Gasteiger partial charge in [-0.3, -0.25) is 0 Å². The van der Waals surface area contributed by atoms with Gasteiger partial charge in [0.25, 0.3) is 0 Å². The second-order valence-electron chi connectivity index (χ2n) is 3.08. The van der Waals surface area contributed by atoms with Crippen LogP contribution in [0.15, 0.2) is 0 Å². The first-order valence-electron chi connectivity index (χ1n) is 4.97. The third-order valence-electron chi connectivity index (χ3n) is 1.80. The molecule has 0 spiro atoms. The van der Waals surface area contributed by atoms with Gasteiger partial charge in [-0.25, -0.2) is 0 Å². The molecule has 5 nitrogen and oxygen atoms in total. The number of rotatable bonds is 5. The van der Waals surface area contributed by atoms with Crippen LogP contribution in [-0.4, -0.2) is 27.6 Å². The van der Waals surface area contributed by atoms with Crippen molar-refractivity contribution in [3.8, 4) is 6.01 Å². The van der Waals surface area contributed by atoms with Crippen LogP contribution in [0.3, 0.4) is 0 Å². The summed E-state index contributed by atoms with van der Waals surface area (Å²) in [6.07, 6.45) is 0.956. The molecule has 1 heterocycles. The first-order valence-corrected chi connectivity index (χ1v) is 5.35. The molecule has 84 valence electrons. The molecule has 1 unspecified atom stereocenters. The summed E-state index contributed by atoms with van der Waals surface area (Å²) >= 11 is 5.73. The molecule has 0 radical (unpaired) electrons. The summed E-state index contributed by atoms with van der Waals surface area (Å²) in [5, 5.41) is 3.09. The van der Waals surface area contributed by atoms with Crippen molar-refractivity contribution in [2.24, 2.45) is 0 Å². The van der Waals surface area contributed by atoms with E-state index in [4.69, 9.17) is 16.3 Å². The average molecular weight is 231 g/mol. The minimum absolute atomic E-state index is 0.0675. The second kappa shape index (κ2) is 5.70. The van der Waals surface area contributed by atoms with Crippen LogP contribution in [0.2, 0.25) is 5.28 Å². The summed E-state index contributed by atoms with van der Waals surface area (Å²) in [7, 11) is 0. The predicted molar refractivity (Wildman–Crippen MR) is 59.4 cm³/mol. The number of hydrogen-bond donors (Lipinski definition) is 1. The Labute approximate surface area is 94.2 Å². The van der Waals surface area contributed by atoms with Crippen molar-refractivity contribution in [3.63, 3.8) is 0 Å². The predicted octanol–water partition coefficient (Wildman–Crippen LogP) is 2.13. The minimum atomic E-state index is 0.0675. The molecule has 0 aliphatic carbocycles. The van der Waals surface area contributed by atoms with E-state index in [1.165, 1.54) is 0 Å². The van der Waals surface area contributed by atoms with Gasteiger partial charge in [-0.05, 0) is 31.9 Å². The van der Waals surface area contributed by atoms with Crippen molar-refractivity contribution in [2.45, 2.75) is 33.3 Å². The maximum atomic E-state index is 5.73. The van der Waals surface area contributed by atoms with Gasteiger partial charge < -0.3 is 10.1 Å². The number of aromatic nitrogens is 3. The molecule has 1 rings (SSSR count). The van der Waals surface area contributed by atoms with Gasteiger partial charge in [0.15, 0.2) is 0 Å². The number of ether oxygens (including phenoxy) is 1. The maximum absolute atomic E-state index is 5.73. The molecule has 0 fully saturated rings. The molecule has 1 N–H and O–H groups in total. The highest BCUT2D eigenvalue weighted by Crippen LogP contribution is 2.13. The minimum Gasteiger partial charge on any atom is -0.460 e. The van der Waals surface area contributed by atoms with Crippen LogP contribution >= 0.6 is 11.6 Å². The van der Waals surface area contributed by atoms with Crippen molar-refractivity contribution in [1.29, 1.82) is 0 Å². The molecule has 0 aliphatic rings. The van der Waals surface area contributed by atoms with Gasteiger partial charge in [0.05, 0.1) is 6.10 Å². The topological polar surface area (TPSA) is 59.9 Å². The SMILES string of the molecule is CCNc1nc(Cl)nc(OC(C)CC)n1. The zero-order valence-corrected chi connectivity index (χ0v) is 9.88. The largest absolute Gasteiger partial charge is 0.460 e. The maximum Gasteiger partial charge on any atom is 0.322 e. The third-order valence-corrected chi connectivity index (χ3v) is 1.97. The average Bonchev–Trinajstić information content (AvgIpc) is 2.17. The smallest absolute Gasteiger partial charge is 0.322 e. The first kappa shape index (κ1) is 12.0. The Hall–Kier alpha value is -1.10. The monoisotopic (exact) mass is 230 g/mol. The Morgan fingerprint density at radius 1 is 1.33 bits per heavy atom. The third kappa shape index (κ3) is 3.87. The lowest BCUT2D eigenvalue weighted by atomic mass is 10.3. The van der Waals surface area contributed by atoms with Gasteiger partial charge in [0, 0.05) is 6.54 Å². The van der Waals surface area contributed by atoms with Gasteiger partial charge in [0.2, 0.25) is 11.2 Å². The fourth-order valence-corrected chi connectivity index (χ4v) is 1.04. The molecule has 1 atom stereocenters. The van der Waals surface area contributed by atoms with Crippen LogP contribution in [0.5, 0.6) is 6.01 Å². The van der Waals surface area contributed by atoms with Crippen LogP contribution in [0.25, 0.3) is 0 Å². The quantitative estimate of drug-likeness (QED) is 0.840. The molecule has 0 bridgehead atoms. The highest BCUT2D eigenvalue weighted by Gasteiger charge is 2.08.